The number of nitrogens with one attached hydrogen (secondary N) is 2. The van der Waals surface area contributed by atoms with Crippen LogP contribution in [0.25, 0.3) is 33.4 Å². The fourth-order valence-electron chi connectivity index (χ4n) is 9.64. The van der Waals surface area contributed by atoms with Crippen LogP contribution in [-0.2, 0) is 43.2 Å². The number of carbonyl (C=O) groups excluding carboxylic acids is 4. The van der Waals surface area contributed by atoms with E-state index in [0.717, 1.165) is 57.5 Å². The Kier molecular flexibility index (Phi) is 14.5. The van der Waals surface area contributed by atoms with E-state index in [0.29, 0.717) is 50.4 Å². The zero-order valence-corrected chi connectivity index (χ0v) is 40.1. The van der Waals surface area contributed by atoms with Crippen LogP contribution in [-0.4, -0.2) is 137 Å². The smallest absolute Gasteiger partial charge is 0.324 e. The van der Waals surface area contributed by atoms with Crippen molar-refractivity contribution in [2.45, 2.75) is 117 Å². The van der Waals surface area contributed by atoms with Crippen molar-refractivity contribution >= 4 is 46.1 Å². The number of piperidine rings is 1. The molecule has 7 rings (SSSR count). The van der Waals surface area contributed by atoms with Crippen molar-refractivity contribution in [3.63, 3.8) is 0 Å². The van der Waals surface area contributed by atoms with E-state index in [-0.39, 0.29) is 43.0 Å². The molecule has 0 spiro atoms. The molecule has 6 bridgehead atoms. The number of carbonyl (C=O) groups is 4. The van der Waals surface area contributed by atoms with Crippen LogP contribution >= 0.6 is 11.3 Å². The number of amides is 4. The van der Waals surface area contributed by atoms with Gasteiger partial charge in [0, 0.05) is 91.8 Å². The molecule has 346 valence electrons. The summed E-state index contributed by atoms with van der Waals surface area (Å²) in [5.41, 5.74) is 9.41. The van der Waals surface area contributed by atoms with Crippen molar-refractivity contribution in [2.75, 3.05) is 54.5 Å². The van der Waals surface area contributed by atoms with Gasteiger partial charge in [0.1, 0.15) is 18.1 Å². The number of aryl methyl sites for hydroxylation is 1. The Morgan fingerprint density at radius 3 is 2.58 bits per heavy atom. The first-order valence-corrected chi connectivity index (χ1v) is 23.7. The van der Waals surface area contributed by atoms with Gasteiger partial charge in [0.15, 0.2) is 0 Å². The molecule has 1 unspecified atom stereocenters. The average Bonchev–Trinajstić information content (AvgIpc) is 3.88. The number of methoxy groups -OCH3 is 1. The van der Waals surface area contributed by atoms with Gasteiger partial charge >= 0.3 is 12.0 Å². The van der Waals surface area contributed by atoms with Gasteiger partial charge in [-0.2, -0.15) is 0 Å². The number of ether oxygens (including phenoxy) is 2. The molecule has 1 aromatic carbocycles. The topological polar surface area (TPSA) is 154 Å². The number of cyclic esters (lactones) is 1. The Morgan fingerprint density at radius 1 is 1.09 bits per heavy atom. The summed E-state index contributed by atoms with van der Waals surface area (Å²) in [6.07, 6.45) is 5.19. The SMILES string of the molecule is CCn1c(-c2cccnc2[C@H](C)OC)c2c3cc(ccc31)-c1csc(n1)C[C@H](NC(=O)C(C(C)C)N(C)C(=O)N1CCC[C@@H](N(C)C)C1)C(=O)N1CCC[C@H](N1)C(=O)OCC(C)(C)C2. The number of hydrogen-bond acceptors (Lipinski definition) is 11. The number of aromatic nitrogens is 3. The van der Waals surface area contributed by atoms with Gasteiger partial charge in [-0.25, -0.2) is 15.2 Å². The third kappa shape index (κ3) is 9.85. The first-order valence-electron chi connectivity index (χ1n) is 22.8. The first kappa shape index (κ1) is 47.1. The summed E-state index contributed by atoms with van der Waals surface area (Å²) in [4.78, 5) is 72.4. The molecule has 2 N–H and O–H groups in total. The Hall–Kier alpha value is -4.90. The van der Waals surface area contributed by atoms with Crippen LogP contribution in [0.3, 0.4) is 0 Å². The van der Waals surface area contributed by atoms with E-state index < -0.39 is 35.4 Å². The third-order valence-electron chi connectivity index (χ3n) is 13.2. The van der Waals surface area contributed by atoms with Crippen LogP contribution in [0.2, 0.25) is 0 Å². The summed E-state index contributed by atoms with van der Waals surface area (Å²) in [6.45, 7) is 14.6. The minimum atomic E-state index is -1.04. The molecular weight excluding hydrogens is 831 g/mol. The number of hydrogen-bond donors (Lipinski definition) is 2. The van der Waals surface area contributed by atoms with Crippen molar-refractivity contribution in [1.29, 1.82) is 0 Å². The number of fused-ring (bicyclic) bond motifs is 6. The largest absolute Gasteiger partial charge is 0.464 e. The second-order valence-electron chi connectivity index (χ2n) is 19.1. The Bertz CT molecular complexity index is 2340. The molecule has 0 saturated carbocycles. The highest BCUT2D eigenvalue weighted by Gasteiger charge is 2.39. The maximum absolute atomic E-state index is 14.6. The van der Waals surface area contributed by atoms with Crippen LogP contribution in [0.4, 0.5) is 4.79 Å². The van der Waals surface area contributed by atoms with Gasteiger partial charge < -0.3 is 34.1 Å². The fourth-order valence-corrected chi connectivity index (χ4v) is 10.5. The van der Waals surface area contributed by atoms with Gasteiger partial charge in [-0.15, -0.1) is 11.3 Å². The van der Waals surface area contributed by atoms with Crippen LogP contribution in [0.15, 0.2) is 41.9 Å². The number of urea groups is 1. The molecule has 2 fully saturated rings. The molecule has 4 aromatic rings. The van der Waals surface area contributed by atoms with E-state index in [1.807, 2.05) is 51.2 Å². The summed E-state index contributed by atoms with van der Waals surface area (Å²) in [5, 5.41) is 8.25. The van der Waals surface area contributed by atoms with Gasteiger partial charge in [0.25, 0.3) is 5.91 Å². The van der Waals surface area contributed by atoms with Crippen LogP contribution < -0.4 is 10.7 Å². The van der Waals surface area contributed by atoms with Crippen LogP contribution in [0, 0.1) is 11.3 Å². The maximum Gasteiger partial charge on any atom is 0.324 e. The minimum absolute atomic E-state index is 0.112. The van der Waals surface area contributed by atoms with Crippen molar-refractivity contribution in [3.05, 3.63) is 58.2 Å². The lowest BCUT2D eigenvalue weighted by Gasteiger charge is -2.40. The predicted molar refractivity (Wildman–Crippen MR) is 249 cm³/mol. The molecule has 0 radical (unpaired) electrons. The van der Waals surface area contributed by atoms with E-state index in [2.05, 4.69) is 65.2 Å². The Balaban J connectivity index is 1.27. The molecule has 6 heterocycles. The molecule has 15 nitrogen and oxygen atoms in total. The van der Waals surface area contributed by atoms with Crippen molar-refractivity contribution in [3.8, 4) is 22.5 Å². The van der Waals surface area contributed by atoms with Gasteiger partial charge in [-0.05, 0) is 95.8 Å². The van der Waals surface area contributed by atoms with E-state index in [1.165, 1.54) is 21.2 Å². The van der Waals surface area contributed by atoms with Crippen LogP contribution in [0.1, 0.15) is 89.6 Å². The standard InChI is InChI=1S/C48H67N9O6S/c1-11-56-39-19-18-31-23-34(39)35(43(56)33-16-12-20-49-41(33)30(4)62-10)25-48(5,6)28-63-46(60)36-17-14-22-57(52-36)45(59)37(24-40-50-38(31)27-64-40)51-44(58)42(29(2)3)54(9)47(61)55-21-13-15-32(26-55)53(7)8/h12,16,18-20,23,27,29-30,32,36-37,42,52H,11,13-15,17,21-22,24-26,28H2,1-10H3,(H,51,58)/t30-,32+,36-,37-,42?/m0/s1. The first-order chi connectivity index (χ1) is 30.5. The number of pyridine rings is 1. The molecular formula is C48H67N9O6S. The number of likely N-dealkylation sites (tertiary alicyclic amines) is 1. The van der Waals surface area contributed by atoms with Crippen molar-refractivity contribution < 1.29 is 28.7 Å². The summed E-state index contributed by atoms with van der Waals surface area (Å²) >= 11 is 1.43. The number of hydrazine groups is 1. The number of benzene rings is 1. The number of nitrogens with zero attached hydrogens (tertiary/aromatic N) is 7. The number of rotatable bonds is 9. The van der Waals surface area contributed by atoms with Gasteiger partial charge in [-0.1, -0.05) is 33.8 Å². The third-order valence-corrected chi connectivity index (χ3v) is 14.0. The second-order valence-corrected chi connectivity index (χ2v) is 20.0. The summed E-state index contributed by atoms with van der Waals surface area (Å²) in [5.74, 6) is -1.50. The molecule has 3 aliphatic rings. The van der Waals surface area contributed by atoms with E-state index in [4.69, 9.17) is 19.4 Å². The highest BCUT2D eigenvalue weighted by Crippen LogP contribution is 2.42. The lowest BCUT2D eigenvalue weighted by molar-refractivity contribution is -0.155. The number of likely N-dealkylation sites (N-methyl/N-ethyl adjacent to an activating group) is 2. The van der Waals surface area contributed by atoms with Crippen molar-refractivity contribution in [2.24, 2.45) is 11.3 Å². The highest BCUT2D eigenvalue weighted by atomic mass is 32.1. The quantitative estimate of drug-likeness (QED) is 0.183. The average molecular weight is 898 g/mol. The molecule has 4 amide bonds. The van der Waals surface area contributed by atoms with Gasteiger partial charge in [0.05, 0.1) is 34.8 Å². The monoisotopic (exact) mass is 897 g/mol. The molecule has 16 heteroatoms. The highest BCUT2D eigenvalue weighted by molar-refractivity contribution is 7.10. The van der Waals surface area contributed by atoms with Gasteiger partial charge in [0.2, 0.25) is 5.91 Å². The molecule has 0 aliphatic carbocycles. The molecule has 3 aromatic heterocycles. The lowest BCUT2D eigenvalue weighted by atomic mass is 9.84. The zero-order valence-electron chi connectivity index (χ0n) is 39.3. The second kappa shape index (κ2) is 19.7. The zero-order chi connectivity index (χ0) is 46.0. The molecule has 5 atom stereocenters. The molecule has 3 aliphatic heterocycles. The number of thiazole rings is 1. The van der Waals surface area contributed by atoms with Gasteiger partial charge in [-0.3, -0.25) is 24.4 Å². The summed E-state index contributed by atoms with van der Waals surface area (Å²) < 4.78 is 14.3. The Labute approximate surface area is 381 Å². The lowest BCUT2D eigenvalue weighted by Crippen LogP contribution is -2.62. The summed E-state index contributed by atoms with van der Waals surface area (Å²) in [6, 6.07) is 7.85. The molecule has 2 saturated heterocycles. The van der Waals surface area contributed by atoms with Crippen molar-refractivity contribution in [1.82, 2.24) is 45.0 Å². The normalized spacial score (nSPS) is 21.7. The minimum Gasteiger partial charge on any atom is -0.464 e. The fraction of sp³-hybridized carbons (Fsp3) is 0.583. The van der Waals surface area contributed by atoms with E-state index >= 15 is 0 Å². The van der Waals surface area contributed by atoms with Crippen LogP contribution in [0.5, 0.6) is 0 Å². The predicted octanol–water partition coefficient (Wildman–Crippen LogP) is 6.30. The van der Waals surface area contributed by atoms with E-state index in [9.17, 15) is 19.2 Å². The summed E-state index contributed by atoms with van der Waals surface area (Å²) in [7, 11) is 7.41. The molecule has 64 heavy (non-hydrogen) atoms. The maximum atomic E-state index is 14.6. The Morgan fingerprint density at radius 2 is 1.86 bits per heavy atom. The number of esters is 1. The van der Waals surface area contributed by atoms with E-state index in [1.54, 1.807) is 20.4 Å².